The highest BCUT2D eigenvalue weighted by molar-refractivity contribution is 5.36. The van der Waals surface area contributed by atoms with Gasteiger partial charge in [0.05, 0.1) is 11.4 Å². The maximum Gasteiger partial charge on any atom is 0.174 e. The lowest BCUT2D eigenvalue weighted by Crippen LogP contribution is -1.96. The SMILES string of the molecule is Cc1cc(COc2ccc(-n3cccn3)cc2)on1. The Balaban J connectivity index is 1.66. The molecule has 0 aliphatic carbocycles. The molecule has 0 saturated heterocycles. The van der Waals surface area contributed by atoms with Crippen molar-refractivity contribution in [1.82, 2.24) is 14.9 Å². The van der Waals surface area contributed by atoms with E-state index in [9.17, 15) is 0 Å². The van der Waals surface area contributed by atoms with Crippen molar-refractivity contribution in [2.75, 3.05) is 0 Å². The first-order chi connectivity index (χ1) is 9.31. The summed E-state index contributed by atoms with van der Waals surface area (Å²) in [6.45, 7) is 2.26. The fraction of sp³-hybridized carbons (Fsp3) is 0.143. The van der Waals surface area contributed by atoms with Gasteiger partial charge in [0.2, 0.25) is 0 Å². The number of nitrogens with zero attached hydrogens (tertiary/aromatic N) is 3. The first-order valence-electron chi connectivity index (χ1n) is 5.96. The number of aryl methyl sites for hydroxylation is 1. The Kier molecular flexibility index (Phi) is 3.02. The molecule has 0 N–H and O–H groups in total. The standard InChI is InChI=1S/C14H13N3O2/c1-11-9-14(19-16-11)10-18-13-5-3-12(4-6-13)17-8-2-7-15-17/h2-9H,10H2,1H3. The summed E-state index contributed by atoms with van der Waals surface area (Å²) in [5, 5.41) is 7.98. The molecule has 0 radical (unpaired) electrons. The average Bonchev–Trinajstić information content (AvgIpc) is 3.08. The van der Waals surface area contributed by atoms with E-state index in [0.29, 0.717) is 12.4 Å². The molecule has 3 rings (SSSR count). The Morgan fingerprint density at radius 1 is 1.26 bits per heavy atom. The predicted octanol–water partition coefficient (Wildman–Crippen LogP) is 2.75. The molecule has 2 heterocycles. The van der Waals surface area contributed by atoms with Gasteiger partial charge >= 0.3 is 0 Å². The molecule has 0 amide bonds. The van der Waals surface area contributed by atoms with Crippen LogP contribution in [0.2, 0.25) is 0 Å². The molecule has 3 aromatic rings. The number of rotatable bonds is 4. The predicted molar refractivity (Wildman–Crippen MR) is 69.1 cm³/mol. The summed E-state index contributed by atoms with van der Waals surface area (Å²) >= 11 is 0. The highest BCUT2D eigenvalue weighted by Gasteiger charge is 2.02. The fourth-order valence-electron chi connectivity index (χ4n) is 1.76. The molecule has 2 aromatic heterocycles. The fourth-order valence-corrected chi connectivity index (χ4v) is 1.76. The second-order valence-corrected chi connectivity index (χ2v) is 4.17. The van der Waals surface area contributed by atoms with Crippen LogP contribution in [-0.4, -0.2) is 14.9 Å². The van der Waals surface area contributed by atoms with Crippen LogP contribution in [0.4, 0.5) is 0 Å². The zero-order valence-corrected chi connectivity index (χ0v) is 10.5. The summed E-state index contributed by atoms with van der Waals surface area (Å²) < 4.78 is 12.5. The number of hydrogen-bond acceptors (Lipinski definition) is 4. The summed E-state index contributed by atoms with van der Waals surface area (Å²) in [4.78, 5) is 0. The quantitative estimate of drug-likeness (QED) is 0.719. The van der Waals surface area contributed by atoms with Gasteiger partial charge in [0.1, 0.15) is 12.4 Å². The van der Waals surface area contributed by atoms with Gasteiger partial charge in [-0.2, -0.15) is 5.10 Å². The van der Waals surface area contributed by atoms with E-state index < -0.39 is 0 Å². The molecule has 0 saturated carbocycles. The first-order valence-corrected chi connectivity index (χ1v) is 5.96. The molecule has 0 bridgehead atoms. The first kappa shape index (κ1) is 11.5. The number of benzene rings is 1. The van der Waals surface area contributed by atoms with Crippen LogP contribution in [0.1, 0.15) is 11.5 Å². The van der Waals surface area contributed by atoms with E-state index in [0.717, 1.165) is 17.1 Å². The summed E-state index contributed by atoms with van der Waals surface area (Å²) in [6, 6.07) is 11.5. The van der Waals surface area contributed by atoms with Crippen molar-refractivity contribution in [2.45, 2.75) is 13.5 Å². The van der Waals surface area contributed by atoms with Crippen molar-refractivity contribution in [3.05, 3.63) is 60.2 Å². The maximum atomic E-state index is 5.61. The van der Waals surface area contributed by atoms with E-state index in [1.165, 1.54) is 0 Å². The van der Waals surface area contributed by atoms with E-state index in [1.54, 1.807) is 10.9 Å². The highest BCUT2D eigenvalue weighted by atomic mass is 16.5. The Labute approximate surface area is 110 Å². The van der Waals surface area contributed by atoms with Gasteiger partial charge in [0.25, 0.3) is 0 Å². The number of ether oxygens (including phenoxy) is 1. The van der Waals surface area contributed by atoms with Gasteiger partial charge in [0, 0.05) is 18.5 Å². The van der Waals surface area contributed by atoms with Crippen LogP contribution in [0.3, 0.4) is 0 Å². The van der Waals surface area contributed by atoms with Gasteiger partial charge < -0.3 is 9.26 Å². The average molecular weight is 255 g/mol. The zero-order valence-electron chi connectivity index (χ0n) is 10.5. The molecule has 5 heteroatoms. The molecule has 0 spiro atoms. The van der Waals surface area contributed by atoms with E-state index in [1.807, 2.05) is 49.5 Å². The normalized spacial score (nSPS) is 10.6. The van der Waals surface area contributed by atoms with Gasteiger partial charge in [-0.05, 0) is 37.3 Å². The van der Waals surface area contributed by atoms with Gasteiger partial charge in [0.15, 0.2) is 5.76 Å². The van der Waals surface area contributed by atoms with Crippen LogP contribution in [-0.2, 0) is 6.61 Å². The smallest absolute Gasteiger partial charge is 0.174 e. The molecule has 0 aliphatic rings. The van der Waals surface area contributed by atoms with Crippen molar-refractivity contribution >= 4 is 0 Å². The van der Waals surface area contributed by atoms with Crippen molar-refractivity contribution < 1.29 is 9.26 Å². The van der Waals surface area contributed by atoms with Gasteiger partial charge in [-0.25, -0.2) is 4.68 Å². The molecule has 5 nitrogen and oxygen atoms in total. The van der Waals surface area contributed by atoms with Crippen LogP contribution < -0.4 is 4.74 Å². The maximum absolute atomic E-state index is 5.61. The van der Waals surface area contributed by atoms with Crippen molar-refractivity contribution in [2.24, 2.45) is 0 Å². The third-order valence-electron chi connectivity index (χ3n) is 2.66. The minimum atomic E-state index is 0.377. The van der Waals surface area contributed by atoms with Crippen LogP contribution in [0.15, 0.2) is 53.3 Å². The Bertz CT molecular complexity index is 642. The van der Waals surface area contributed by atoms with Crippen LogP contribution >= 0.6 is 0 Å². The topological polar surface area (TPSA) is 53.1 Å². The molecule has 0 atom stereocenters. The minimum Gasteiger partial charge on any atom is -0.486 e. The summed E-state index contributed by atoms with van der Waals surface area (Å²) in [5.41, 5.74) is 1.85. The second kappa shape index (κ2) is 4.97. The monoisotopic (exact) mass is 255 g/mol. The lowest BCUT2D eigenvalue weighted by Gasteiger charge is -2.05. The van der Waals surface area contributed by atoms with E-state index >= 15 is 0 Å². The van der Waals surface area contributed by atoms with E-state index in [-0.39, 0.29) is 0 Å². The Morgan fingerprint density at radius 3 is 2.74 bits per heavy atom. The molecule has 0 fully saturated rings. The van der Waals surface area contributed by atoms with Crippen LogP contribution in [0, 0.1) is 6.92 Å². The summed E-state index contributed by atoms with van der Waals surface area (Å²) in [5.74, 6) is 1.50. The van der Waals surface area contributed by atoms with Crippen LogP contribution in [0.25, 0.3) is 5.69 Å². The molecule has 0 unspecified atom stereocenters. The van der Waals surface area contributed by atoms with Crippen LogP contribution in [0.5, 0.6) is 5.75 Å². The van der Waals surface area contributed by atoms with E-state index in [2.05, 4.69) is 10.3 Å². The van der Waals surface area contributed by atoms with Gasteiger partial charge in [-0.15, -0.1) is 0 Å². The number of aromatic nitrogens is 3. The third-order valence-corrected chi connectivity index (χ3v) is 2.66. The Morgan fingerprint density at radius 2 is 2.11 bits per heavy atom. The summed E-state index contributed by atoms with van der Waals surface area (Å²) in [6.07, 6.45) is 3.64. The number of hydrogen-bond donors (Lipinski definition) is 0. The Hall–Kier alpha value is -2.56. The lowest BCUT2D eigenvalue weighted by atomic mass is 10.3. The zero-order chi connectivity index (χ0) is 13.1. The molecule has 0 aliphatic heterocycles. The second-order valence-electron chi connectivity index (χ2n) is 4.17. The molecular formula is C14H13N3O2. The largest absolute Gasteiger partial charge is 0.486 e. The van der Waals surface area contributed by atoms with Crippen molar-refractivity contribution in [1.29, 1.82) is 0 Å². The van der Waals surface area contributed by atoms with Gasteiger partial charge in [-0.3, -0.25) is 0 Å². The van der Waals surface area contributed by atoms with Crippen molar-refractivity contribution in [3.8, 4) is 11.4 Å². The molecular weight excluding hydrogens is 242 g/mol. The third kappa shape index (κ3) is 2.65. The lowest BCUT2D eigenvalue weighted by molar-refractivity contribution is 0.249. The molecule has 96 valence electrons. The van der Waals surface area contributed by atoms with E-state index in [4.69, 9.17) is 9.26 Å². The highest BCUT2D eigenvalue weighted by Crippen LogP contribution is 2.16. The minimum absolute atomic E-state index is 0.377. The summed E-state index contributed by atoms with van der Waals surface area (Å²) in [7, 11) is 0. The van der Waals surface area contributed by atoms with Gasteiger partial charge in [-0.1, -0.05) is 5.16 Å². The van der Waals surface area contributed by atoms with Crippen molar-refractivity contribution in [3.63, 3.8) is 0 Å². The molecule has 19 heavy (non-hydrogen) atoms. The molecule has 1 aromatic carbocycles.